The minimum atomic E-state index is -0.896. The molecule has 1 aliphatic carbocycles. The van der Waals surface area contributed by atoms with Crippen molar-refractivity contribution in [1.82, 2.24) is 5.32 Å². The molecular weight excluding hydrogens is 230 g/mol. The molecule has 0 bridgehead atoms. The number of carbonyl (C=O) groups excluding carboxylic acids is 1. The van der Waals surface area contributed by atoms with Crippen molar-refractivity contribution in [3.05, 3.63) is 0 Å². The van der Waals surface area contributed by atoms with E-state index in [2.05, 4.69) is 12.2 Å². The molecule has 0 spiro atoms. The first-order valence-electron chi connectivity index (χ1n) is 6.95. The maximum absolute atomic E-state index is 11.9. The molecule has 0 heterocycles. The van der Waals surface area contributed by atoms with Crippen LogP contribution in [0.5, 0.6) is 0 Å². The van der Waals surface area contributed by atoms with Crippen molar-refractivity contribution < 1.29 is 14.7 Å². The van der Waals surface area contributed by atoms with Gasteiger partial charge in [-0.05, 0) is 37.5 Å². The number of hydrogen-bond acceptors (Lipinski definition) is 2. The Kier molecular flexibility index (Phi) is 5.17. The minimum Gasteiger partial charge on any atom is -0.481 e. The molecule has 2 N–H and O–H groups in total. The number of rotatable bonds is 8. The van der Waals surface area contributed by atoms with Crippen LogP contribution < -0.4 is 5.32 Å². The second-order valence-corrected chi connectivity index (χ2v) is 5.59. The van der Waals surface area contributed by atoms with E-state index in [4.69, 9.17) is 0 Å². The standard InChI is InChI=1S/C14H25NO3/c1-4-14(5-2,13(17)18)8-12(16)15-9-10(3)11-6-7-11/h10-11H,4-9H2,1-3H3,(H,15,16)(H,17,18). The predicted molar refractivity (Wildman–Crippen MR) is 70.2 cm³/mol. The molecule has 1 aliphatic rings. The van der Waals surface area contributed by atoms with Gasteiger partial charge in [0, 0.05) is 13.0 Å². The van der Waals surface area contributed by atoms with Gasteiger partial charge in [-0.25, -0.2) is 0 Å². The minimum absolute atomic E-state index is 0.0900. The Morgan fingerprint density at radius 1 is 1.33 bits per heavy atom. The first kappa shape index (κ1) is 15.0. The quantitative estimate of drug-likeness (QED) is 0.700. The summed E-state index contributed by atoms with van der Waals surface area (Å²) in [6.45, 7) is 6.48. The van der Waals surface area contributed by atoms with Crippen molar-refractivity contribution in [1.29, 1.82) is 0 Å². The predicted octanol–water partition coefficient (Wildman–Crippen LogP) is 2.43. The molecule has 1 amide bonds. The van der Waals surface area contributed by atoms with Crippen molar-refractivity contribution in [3.63, 3.8) is 0 Å². The number of nitrogens with one attached hydrogen (secondary N) is 1. The van der Waals surface area contributed by atoms with E-state index in [1.807, 2.05) is 13.8 Å². The molecule has 18 heavy (non-hydrogen) atoms. The fourth-order valence-electron chi connectivity index (χ4n) is 2.35. The molecule has 0 aromatic heterocycles. The van der Waals surface area contributed by atoms with Gasteiger partial charge >= 0.3 is 5.97 Å². The fraction of sp³-hybridized carbons (Fsp3) is 0.857. The normalized spacial score (nSPS) is 17.3. The van der Waals surface area contributed by atoms with E-state index in [1.165, 1.54) is 12.8 Å². The summed E-state index contributed by atoms with van der Waals surface area (Å²) in [7, 11) is 0. The van der Waals surface area contributed by atoms with Gasteiger partial charge in [0.25, 0.3) is 0 Å². The number of hydrogen-bond donors (Lipinski definition) is 2. The average Bonchev–Trinajstić information content (AvgIpc) is 3.16. The maximum Gasteiger partial charge on any atom is 0.310 e. The molecule has 1 atom stereocenters. The van der Waals surface area contributed by atoms with E-state index >= 15 is 0 Å². The highest BCUT2D eigenvalue weighted by Crippen LogP contribution is 2.36. The molecule has 4 nitrogen and oxygen atoms in total. The lowest BCUT2D eigenvalue weighted by Gasteiger charge is -2.26. The number of aliphatic carboxylic acids is 1. The van der Waals surface area contributed by atoms with Gasteiger partial charge in [-0.2, -0.15) is 0 Å². The number of carboxylic acid groups (broad SMARTS) is 1. The van der Waals surface area contributed by atoms with E-state index in [0.717, 1.165) is 5.92 Å². The van der Waals surface area contributed by atoms with E-state index in [0.29, 0.717) is 25.3 Å². The highest BCUT2D eigenvalue weighted by molar-refractivity contribution is 5.84. The Morgan fingerprint density at radius 2 is 1.89 bits per heavy atom. The van der Waals surface area contributed by atoms with Crippen LogP contribution in [0.3, 0.4) is 0 Å². The van der Waals surface area contributed by atoms with Crippen LogP contribution in [0, 0.1) is 17.3 Å². The molecule has 0 aromatic carbocycles. The zero-order valence-corrected chi connectivity index (χ0v) is 11.7. The second-order valence-electron chi connectivity index (χ2n) is 5.59. The zero-order valence-electron chi connectivity index (χ0n) is 11.7. The van der Waals surface area contributed by atoms with Crippen LogP contribution in [0.2, 0.25) is 0 Å². The summed E-state index contributed by atoms with van der Waals surface area (Å²) in [6.07, 6.45) is 3.60. The first-order chi connectivity index (χ1) is 8.45. The van der Waals surface area contributed by atoms with Crippen LogP contribution in [0.25, 0.3) is 0 Å². The van der Waals surface area contributed by atoms with E-state index in [-0.39, 0.29) is 12.3 Å². The van der Waals surface area contributed by atoms with Gasteiger partial charge in [-0.3, -0.25) is 9.59 Å². The van der Waals surface area contributed by atoms with Gasteiger partial charge in [-0.1, -0.05) is 20.8 Å². The lowest BCUT2D eigenvalue weighted by molar-refractivity contribution is -0.152. The smallest absolute Gasteiger partial charge is 0.310 e. The Bertz CT molecular complexity index is 306. The third-order valence-electron chi connectivity index (χ3n) is 4.35. The summed E-state index contributed by atoms with van der Waals surface area (Å²) in [4.78, 5) is 23.1. The van der Waals surface area contributed by atoms with Crippen molar-refractivity contribution in [3.8, 4) is 0 Å². The van der Waals surface area contributed by atoms with Crippen LogP contribution in [0.4, 0.5) is 0 Å². The van der Waals surface area contributed by atoms with E-state index < -0.39 is 11.4 Å². The molecule has 0 radical (unpaired) electrons. The molecule has 1 unspecified atom stereocenters. The fourth-order valence-corrected chi connectivity index (χ4v) is 2.35. The molecule has 1 saturated carbocycles. The van der Waals surface area contributed by atoms with Crippen molar-refractivity contribution in [2.45, 2.75) is 52.9 Å². The summed E-state index contributed by atoms with van der Waals surface area (Å²) < 4.78 is 0. The summed E-state index contributed by atoms with van der Waals surface area (Å²) in [5, 5.41) is 12.1. The molecule has 4 heteroatoms. The van der Waals surface area contributed by atoms with Gasteiger partial charge in [0.2, 0.25) is 5.91 Å². The Hall–Kier alpha value is -1.06. The lowest BCUT2D eigenvalue weighted by atomic mass is 9.79. The molecular formula is C14H25NO3. The average molecular weight is 255 g/mol. The van der Waals surface area contributed by atoms with Crippen LogP contribution in [0.1, 0.15) is 52.9 Å². The van der Waals surface area contributed by atoms with E-state index in [9.17, 15) is 14.7 Å². The van der Waals surface area contributed by atoms with Crippen LogP contribution in [0.15, 0.2) is 0 Å². The lowest BCUT2D eigenvalue weighted by Crippen LogP contribution is -2.38. The molecule has 0 saturated heterocycles. The molecule has 1 rings (SSSR count). The van der Waals surface area contributed by atoms with Gasteiger partial charge in [-0.15, -0.1) is 0 Å². The summed E-state index contributed by atoms with van der Waals surface area (Å²) >= 11 is 0. The number of carbonyl (C=O) groups is 2. The monoisotopic (exact) mass is 255 g/mol. The third-order valence-corrected chi connectivity index (χ3v) is 4.35. The summed E-state index contributed by atoms with van der Waals surface area (Å²) in [6, 6.07) is 0. The Labute approximate surface area is 109 Å². The Morgan fingerprint density at radius 3 is 2.28 bits per heavy atom. The molecule has 1 fully saturated rings. The van der Waals surface area contributed by atoms with Crippen molar-refractivity contribution in [2.75, 3.05) is 6.54 Å². The topological polar surface area (TPSA) is 66.4 Å². The van der Waals surface area contributed by atoms with Crippen molar-refractivity contribution in [2.24, 2.45) is 17.3 Å². The molecule has 0 aliphatic heterocycles. The van der Waals surface area contributed by atoms with Crippen LogP contribution in [-0.2, 0) is 9.59 Å². The van der Waals surface area contributed by atoms with Gasteiger partial charge in [0.1, 0.15) is 0 Å². The van der Waals surface area contributed by atoms with Gasteiger partial charge in [0.15, 0.2) is 0 Å². The second kappa shape index (κ2) is 6.21. The number of carboxylic acids is 1. The van der Waals surface area contributed by atoms with Gasteiger partial charge < -0.3 is 10.4 Å². The molecule has 0 aromatic rings. The van der Waals surface area contributed by atoms with Crippen LogP contribution in [-0.4, -0.2) is 23.5 Å². The van der Waals surface area contributed by atoms with E-state index in [1.54, 1.807) is 0 Å². The first-order valence-corrected chi connectivity index (χ1v) is 6.95. The van der Waals surface area contributed by atoms with Crippen LogP contribution >= 0.6 is 0 Å². The van der Waals surface area contributed by atoms with Gasteiger partial charge in [0.05, 0.1) is 5.41 Å². The SMILES string of the molecule is CCC(CC)(CC(=O)NCC(C)C1CC1)C(=O)O. The molecule has 104 valence electrons. The third kappa shape index (κ3) is 3.72. The van der Waals surface area contributed by atoms with Crippen molar-refractivity contribution >= 4 is 11.9 Å². The number of amides is 1. The summed E-state index contributed by atoms with van der Waals surface area (Å²) in [5.74, 6) is 0.273. The highest BCUT2D eigenvalue weighted by atomic mass is 16.4. The Balaban J connectivity index is 2.43. The largest absolute Gasteiger partial charge is 0.481 e. The maximum atomic E-state index is 11.9. The highest BCUT2D eigenvalue weighted by Gasteiger charge is 2.37. The summed E-state index contributed by atoms with van der Waals surface area (Å²) in [5.41, 5.74) is -0.896. The zero-order chi connectivity index (χ0) is 13.8.